The normalized spacial score (nSPS) is 24.4. The largest absolute Gasteiger partial charge is 0.310 e. The summed E-state index contributed by atoms with van der Waals surface area (Å²) in [5.74, 6) is 0.0286. The molecule has 1 aromatic rings. The summed E-state index contributed by atoms with van der Waals surface area (Å²) in [6.45, 7) is 1.07. The van der Waals surface area contributed by atoms with Gasteiger partial charge in [-0.25, -0.2) is 4.39 Å². The molecule has 2 heteroatoms. The molecule has 0 aromatic heterocycles. The number of halogens is 1. The van der Waals surface area contributed by atoms with Crippen molar-refractivity contribution in [3.05, 3.63) is 34.6 Å². The molecule has 1 fully saturated rings. The molecule has 3 rings (SSSR count). The number of hydrogen-bond acceptors (Lipinski definition) is 1. The highest BCUT2D eigenvalue weighted by Crippen LogP contribution is 2.30. The number of benzene rings is 1. The molecule has 86 valence electrons. The first kappa shape index (κ1) is 10.3. The summed E-state index contributed by atoms with van der Waals surface area (Å²) >= 11 is 0. The van der Waals surface area contributed by atoms with Gasteiger partial charge in [0.2, 0.25) is 0 Å². The van der Waals surface area contributed by atoms with Gasteiger partial charge in [-0.2, -0.15) is 0 Å². The first-order valence-electron chi connectivity index (χ1n) is 6.39. The van der Waals surface area contributed by atoms with Crippen molar-refractivity contribution < 1.29 is 4.39 Å². The molecule has 2 aliphatic rings. The van der Waals surface area contributed by atoms with E-state index in [1.54, 1.807) is 6.07 Å². The Morgan fingerprint density at radius 3 is 2.81 bits per heavy atom. The standard InChI is InChI=1S/C14H18FN/c15-13-9-11(14-6-3-7-16-14)8-10-4-1-2-5-12(10)13/h8-9,14,16H,1-7H2/t14-/m1/s1. The Morgan fingerprint density at radius 1 is 1.12 bits per heavy atom. The van der Waals surface area contributed by atoms with Crippen LogP contribution in [0.1, 0.15) is 48.4 Å². The highest BCUT2D eigenvalue weighted by molar-refractivity contribution is 5.36. The van der Waals surface area contributed by atoms with Crippen LogP contribution >= 0.6 is 0 Å². The third-order valence-corrected chi connectivity index (χ3v) is 3.90. The van der Waals surface area contributed by atoms with Crippen LogP contribution in [0.25, 0.3) is 0 Å². The van der Waals surface area contributed by atoms with Gasteiger partial charge in [-0.1, -0.05) is 6.07 Å². The second-order valence-corrected chi connectivity index (χ2v) is 5.00. The van der Waals surface area contributed by atoms with Gasteiger partial charge in [-0.3, -0.25) is 0 Å². The third-order valence-electron chi connectivity index (χ3n) is 3.90. The maximum atomic E-state index is 14.0. The van der Waals surface area contributed by atoms with Crippen LogP contribution in [0, 0.1) is 5.82 Å². The van der Waals surface area contributed by atoms with Crippen molar-refractivity contribution >= 4 is 0 Å². The second kappa shape index (κ2) is 4.17. The van der Waals surface area contributed by atoms with Crippen molar-refractivity contribution in [3.63, 3.8) is 0 Å². The topological polar surface area (TPSA) is 12.0 Å². The zero-order valence-electron chi connectivity index (χ0n) is 9.56. The first-order valence-corrected chi connectivity index (χ1v) is 6.39. The van der Waals surface area contributed by atoms with Crippen molar-refractivity contribution in [2.75, 3.05) is 6.54 Å². The fraction of sp³-hybridized carbons (Fsp3) is 0.571. The third kappa shape index (κ3) is 1.75. The van der Waals surface area contributed by atoms with E-state index in [1.165, 1.54) is 18.4 Å². The SMILES string of the molecule is Fc1cc([C@H]2CCCN2)cc2c1CCCC2. The van der Waals surface area contributed by atoms with Gasteiger partial charge in [-0.05, 0) is 67.8 Å². The van der Waals surface area contributed by atoms with Crippen LogP contribution in [-0.4, -0.2) is 6.54 Å². The summed E-state index contributed by atoms with van der Waals surface area (Å²) < 4.78 is 14.0. The molecule has 0 unspecified atom stereocenters. The summed E-state index contributed by atoms with van der Waals surface area (Å²) in [7, 11) is 0. The quantitative estimate of drug-likeness (QED) is 0.765. The average Bonchev–Trinajstić information content (AvgIpc) is 2.82. The monoisotopic (exact) mass is 219 g/mol. The van der Waals surface area contributed by atoms with Crippen molar-refractivity contribution in [2.24, 2.45) is 0 Å². The summed E-state index contributed by atoms with van der Waals surface area (Å²) in [5, 5.41) is 3.44. The second-order valence-electron chi connectivity index (χ2n) is 5.00. The number of aryl methyl sites for hydroxylation is 1. The van der Waals surface area contributed by atoms with Crippen molar-refractivity contribution in [1.82, 2.24) is 5.32 Å². The highest BCUT2D eigenvalue weighted by atomic mass is 19.1. The van der Waals surface area contributed by atoms with Crippen LogP contribution in [0.4, 0.5) is 4.39 Å². The van der Waals surface area contributed by atoms with Gasteiger partial charge in [0.05, 0.1) is 0 Å². The number of hydrogen-bond donors (Lipinski definition) is 1. The highest BCUT2D eigenvalue weighted by Gasteiger charge is 2.20. The van der Waals surface area contributed by atoms with E-state index in [0.717, 1.165) is 43.4 Å². The van der Waals surface area contributed by atoms with Crippen molar-refractivity contribution in [2.45, 2.75) is 44.6 Å². The maximum absolute atomic E-state index is 14.0. The van der Waals surface area contributed by atoms with E-state index in [4.69, 9.17) is 0 Å². The molecule has 1 heterocycles. The Kier molecular flexibility index (Phi) is 2.68. The molecule has 1 nitrogen and oxygen atoms in total. The predicted octanol–water partition coefficient (Wildman–Crippen LogP) is 3.13. The van der Waals surface area contributed by atoms with Gasteiger partial charge < -0.3 is 5.32 Å². The van der Waals surface area contributed by atoms with Gasteiger partial charge in [0, 0.05) is 6.04 Å². The van der Waals surface area contributed by atoms with Crippen molar-refractivity contribution in [3.8, 4) is 0 Å². The Labute approximate surface area is 96.1 Å². The van der Waals surface area contributed by atoms with Gasteiger partial charge in [0.15, 0.2) is 0 Å². The minimum atomic E-state index is 0.0286. The molecule has 16 heavy (non-hydrogen) atoms. The molecule has 1 aliphatic heterocycles. The molecule has 1 aliphatic carbocycles. The zero-order chi connectivity index (χ0) is 11.0. The molecule has 1 atom stereocenters. The molecule has 1 N–H and O–H groups in total. The van der Waals surface area contributed by atoms with E-state index in [2.05, 4.69) is 11.4 Å². The molecule has 1 aromatic carbocycles. The molecule has 0 bridgehead atoms. The van der Waals surface area contributed by atoms with Crippen LogP contribution in [0.2, 0.25) is 0 Å². The van der Waals surface area contributed by atoms with Crippen LogP contribution in [0.5, 0.6) is 0 Å². The average molecular weight is 219 g/mol. The lowest BCUT2D eigenvalue weighted by atomic mass is 9.88. The van der Waals surface area contributed by atoms with Gasteiger partial charge >= 0.3 is 0 Å². The molecule has 1 saturated heterocycles. The van der Waals surface area contributed by atoms with Gasteiger partial charge in [-0.15, -0.1) is 0 Å². The number of nitrogens with one attached hydrogen (secondary N) is 1. The summed E-state index contributed by atoms with van der Waals surface area (Å²) in [6, 6.07) is 4.38. The maximum Gasteiger partial charge on any atom is 0.127 e. The van der Waals surface area contributed by atoms with E-state index in [9.17, 15) is 4.39 Å². The Bertz CT molecular complexity index is 394. The lowest BCUT2D eigenvalue weighted by Crippen LogP contribution is -2.15. The molecular weight excluding hydrogens is 201 g/mol. The van der Waals surface area contributed by atoms with Crippen LogP contribution in [0.3, 0.4) is 0 Å². The fourth-order valence-corrected chi connectivity index (χ4v) is 3.01. The lowest BCUT2D eigenvalue weighted by Gasteiger charge is -2.20. The Morgan fingerprint density at radius 2 is 2.00 bits per heavy atom. The molecule has 0 radical (unpaired) electrons. The summed E-state index contributed by atoms with van der Waals surface area (Å²) in [6.07, 6.45) is 6.72. The molecule has 0 amide bonds. The van der Waals surface area contributed by atoms with E-state index in [1.807, 2.05) is 0 Å². The number of rotatable bonds is 1. The van der Waals surface area contributed by atoms with E-state index in [0.29, 0.717) is 6.04 Å². The van der Waals surface area contributed by atoms with Gasteiger partial charge in [0.1, 0.15) is 5.82 Å². The zero-order valence-corrected chi connectivity index (χ0v) is 9.56. The summed E-state index contributed by atoms with van der Waals surface area (Å²) in [4.78, 5) is 0. The van der Waals surface area contributed by atoms with E-state index >= 15 is 0 Å². The molecular formula is C14H18FN. The molecule has 0 saturated carbocycles. The summed E-state index contributed by atoms with van der Waals surface area (Å²) in [5.41, 5.74) is 3.40. The number of fused-ring (bicyclic) bond motifs is 1. The van der Waals surface area contributed by atoms with Crippen LogP contribution in [0.15, 0.2) is 12.1 Å². The minimum Gasteiger partial charge on any atom is -0.310 e. The first-order chi connectivity index (χ1) is 7.84. The minimum absolute atomic E-state index is 0.0286. The van der Waals surface area contributed by atoms with Crippen LogP contribution in [-0.2, 0) is 12.8 Å². The lowest BCUT2D eigenvalue weighted by molar-refractivity contribution is 0.566. The molecule has 0 spiro atoms. The van der Waals surface area contributed by atoms with E-state index < -0.39 is 0 Å². The van der Waals surface area contributed by atoms with Crippen LogP contribution < -0.4 is 5.32 Å². The smallest absolute Gasteiger partial charge is 0.127 e. The van der Waals surface area contributed by atoms with Crippen molar-refractivity contribution in [1.29, 1.82) is 0 Å². The predicted molar refractivity (Wildman–Crippen MR) is 63.0 cm³/mol. The van der Waals surface area contributed by atoms with E-state index in [-0.39, 0.29) is 5.82 Å². The Balaban J connectivity index is 1.97. The fourth-order valence-electron chi connectivity index (χ4n) is 3.01. The van der Waals surface area contributed by atoms with Gasteiger partial charge in [0.25, 0.3) is 0 Å². The Hall–Kier alpha value is -0.890.